The molecule has 0 bridgehead atoms. The Morgan fingerprint density at radius 3 is 2.36 bits per heavy atom. The van der Waals surface area contributed by atoms with Crippen molar-refractivity contribution in [3.63, 3.8) is 0 Å². The minimum Gasteiger partial charge on any atom is -0.501 e. The number of rotatable bonds is 4. The van der Waals surface area contributed by atoms with E-state index in [1.54, 1.807) is 17.5 Å². The van der Waals surface area contributed by atoms with E-state index in [0.29, 0.717) is 0 Å². The maximum atomic E-state index is 8.94. The van der Waals surface area contributed by atoms with Crippen molar-refractivity contribution >= 4 is 43.5 Å². The van der Waals surface area contributed by atoms with Gasteiger partial charge in [0.25, 0.3) is 0 Å². The zero-order chi connectivity index (χ0) is 32.7. The molecule has 4 nitrogen and oxygen atoms in total. The van der Waals surface area contributed by atoms with E-state index < -0.39 is 5.89 Å². The fourth-order valence-corrected chi connectivity index (χ4v) is 7.00. The number of thiazole rings is 1. The van der Waals surface area contributed by atoms with Crippen LogP contribution < -0.4 is 0 Å². The van der Waals surface area contributed by atoms with Crippen LogP contribution in [0.25, 0.3) is 65.8 Å². The monoisotopic (exact) mass is 809 g/mol. The fraction of sp³-hybridized carbons (Fsp3) is 0.146. The second-order valence-corrected chi connectivity index (χ2v) is 12.8. The van der Waals surface area contributed by atoms with Crippen LogP contribution in [0.4, 0.5) is 0 Å². The zero-order valence-electron chi connectivity index (χ0n) is 27.8. The Kier molecular flexibility index (Phi) is 9.08. The Morgan fingerprint density at radius 1 is 0.830 bits per heavy atom. The summed E-state index contributed by atoms with van der Waals surface area (Å²) in [5.74, 6) is -0.810. The predicted octanol–water partition coefficient (Wildman–Crippen LogP) is 11.3. The summed E-state index contributed by atoms with van der Waals surface area (Å²) in [5, 5.41) is 3.16. The Labute approximate surface area is 294 Å². The van der Waals surface area contributed by atoms with Crippen LogP contribution in [0.1, 0.15) is 42.8 Å². The number of hydrogen-bond donors (Lipinski definition) is 0. The van der Waals surface area contributed by atoms with Crippen LogP contribution in [0, 0.1) is 32.9 Å². The van der Waals surface area contributed by atoms with E-state index in [1.165, 1.54) is 11.1 Å². The van der Waals surface area contributed by atoms with E-state index >= 15 is 0 Å². The smallest absolute Gasteiger partial charge is 0.122 e. The van der Waals surface area contributed by atoms with Crippen LogP contribution in [0.2, 0.25) is 0 Å². The summed E-state index contributed by atoms with van der Waals surface area (Å²) in [5.41, 5.74) is 11.6. The SMILES string of the molecule is [2H]C(C)(C)c1cc(-c2[c-]ccc3c2oc2ccc4nc(C)sc4c23)ncc1-c1c(C)cccc1C.[Ir].[c-]1ccccc1-c1ccccn1. The van der Waals surface area contributed by atoms with Gasteiger partial charge in [0.15, 0.2) is 0 Å². The fourth-order valence-electron chi connectivity index (χ4n) is 6.03. The molecular formula is C41H33IrN3OS-2. The topological polar surface area (TPSA) is 51.8 Å². The predicted molar refractivity (Wildman–Crippen MR) is 191 cm³/mol. The number of aromatic nitrogens is 3. The average molecular weight is 809 g/mol. The molecule has 4 aromatic heterocycles. The molecule has 0 atom stereocenters. The van der Waals surface area contributed by atoms with Gasteiger partial charge < -0.3 is 14.4 Å². The van der Waals surface area contributed by atoms with Crippen LogP contribution >= 0.6 is 11.3 Å². The number of furan rings is 1. The van der Waals surface area contributed by atoms with Crippen molar-refractivity contribution in [2.75, 3.05) is 0 Å². The van der Waals surface area contributed by atoms with Gasteiger partial charge in [0.2, 0.25) is 0 Å². The first kappa shape index (κ1) is 31.1. The molecule has 0 fully saturated rings. The summed E-state index contributed by atoms with van der Waals surface area (Å²) in [6, 6.07) is 36.5. The molecule has 0 saturated heterocycles. The molecule has 6 heteroatoms. The van der Waals surface area contributed by atoms with Crippen LogP contribution in [-0.4, -0.2) is 15.0 Å². The molecule has 235 valence electrons. The third kappa shape index (κ3) is 6.29. The zero-order valence-corrected chi connectivity index (χ0v) is 30.0. The summed E-state index contributed by atoms with van der Waals surface area (Å²) >= 11 is 1.69. The van der Waals surface area contributed by atoms with E-state index in [2.05, 4.69) is 60.2 Å². The number of aryl methyl sites for hydroxylation is 3. The molecular weight excluding hydrogens is 775 g/mol. The molecule has 8 aromatic rings. The summed E-state index contributed by atoms with van der Waals surface area (Å²) in [6.45, 7) is 10.1. The van der Waals surface area contributed by atoms with Gasteiger partial charge in [-0.3, -0.25) is 0 Å². The maximum Gasteiger partial charge on any atom is 0.122 e. The Bertz CT molecular complexity index is 2320. The Hall–Kier alpha value is -4.48. The largest absolute Gasteiger partial charge is 0.501 e. The van der Waals surface area contributed by atoms with Gasteiger partial charge in [-0.05, 0) is 78.5 Å². The minimum absolute atomic E-state index is 0. The van der Waals surface area contributed by atoms with Crippen molar-refractivity contribution < 1.29 is 25.9 Å². The Morgan fingerprint density at radius 2 is 1.64 bits per heavy atom. The molecule has 1 radical (unpaired) electrons. The first-order chi connectivity index (χ1) is 22.7. The van der Waals surface area contributed by atoms with Crippen LogP contribution in [0.5, 0.6) is 0 Å². The van der Waals surface area contributed by atoms with Gasteiger partial charge in [0.05, 0.1) is 20.8 Å². The van der Waals surface area contributed by atoms with Gasteiger partial charge in [-0.1, -0.05) is 61.2 Å². The van der Waals surface area contributed by atoms with Crippen molar-refractivity contribution in [1.29, 1.82) is 0 Å². The van der Waals surface area contributed by atoms with Crippen molar-refractivity contribution in [3.05, 3.63) is 137 Å². The third-order valence-corrected chi connectivity index (χ3v) is 9.16. The number of pyridine rings is 2. The van der Waals surface area contributed by atoms with Crippen molar-refractivity contribution in [1.82, 2.24) is 15.0 Å². The molecule has 0 saturated carbocycles. The van der Waals surface area contributed by atoms with Crippen LogP contribution in [-0.2, 0) is 20.1 Å². The van der Waals surface area contributed by atoms with E-state index in [1.807, 2.05) is 93.7 Å². The molecule has 0 aliphatic heterocycles. The quantitative estimate of drug-likeness (QED) is 0.166. The summed E-state index contributed by atoms with van der Waals surface area (Å²) in [4.78, 5) is 13.8. The maximum absolute atomic E-state index is 8.94. The van der Waals surface area contributed by atoms with E-state index in [0.717, 1.165) is 76.4 Å². The number of nitrogens with zero attached hydrogens (tertiary/aromatic N) is 3. The minimum atomic E-state index is -0.810. The first-order valence-corrected chi connectivity index (χ1v) is 16.1. The van der Waals surface area contributed by atoms with Gasteiger partial charge in [-0.15, -0.1) is 65.4 Å². The molecule has 47 heavy (non-hydrogen) atoms. The molecule has 0 amide bonds. The summed E-state index contributed by atoms with van der Waals surface area (Å²) < 4.78 is 16.5. The molecule has 4 heterocycles. The molecule has 0 spiro atoms. The van der Waals surface area contributed by atoms with Crippen molar-refractivity contribution in [2.45, 2.75) is 40.5 Å². The third-order valence-electron chi connectivity index (χ3n) is 8.16. The summed E-state index contributed by atoms with van der Waals surface area (Å²) in [6.07, 6.45) is 3.70. The van der Waals surface area contributed by atoms with Crippen LogP contribution in [0.3, 0.4) is 0 Å². The van der Waals surface area contributed by atoms with Gasteiger partial charge in [-0.2, -0.15) is 0 Å². The van der Waals surface area contributed by atoms with Gasteiger partial charge in [-0.25, -0.2) is 4.98 Å². The average Bonchev–Trinajstić information content (AvgIpc) is 3.65. The molecule has 0 aliphatic carbocycles. The van der Waals surface area contributed by atoms with Crippen LogP contribution in [0.15, 0.2) is 108 Å². The molecule has 0 N–H and O–H groups in total. The second kappa shape index (κ2) is 13.7. The van der Waals surface area contributed by atoms with E-state index in [9.17, 15) is 0 Å². The van der Waals surface area contributed by atoms with E-state index in [-0.39, 0.29) is 20.1 Å². The van der Waals surface area contributed by atoms with Crippen molar-refractivity contribution in [3.8, 4) is 33.6 Å². The van der Waals surface area contributed by atoms with Crippen molar-refractivity contribution in [2.24, 2.45) is 0 Å². The standard InChI is InChI=1S/C30H25N2OS.C11H8N.Ir/c1-16(2)22-14-25(31-15-23(22)27-17(3)8-6-9-18(27)4)20-10-7-11-21-28-26(33-29(20)21)13-12-24-30(28)34-19(5)32-24;1-2-6-10(7-3-1)11-8-4-5-9-12-11;/h6-9,11-16H,1-5H3;1-6,8-9H;/q2*-1;/i16D;;. The number of fused-ring (bicyclic) bond motifs is 5. The molecule has 4 aromatic carbocycles. The molecule has 0 unspecified atom stereocenters. The number of benzene rings is 4. The first-order valence-electron chi connectivity index (χ1n) is 15.8. The normalized spacial score (nSPS) is 11.6. The van der Waals surface area contributed by atoms with E-state index in [4.69, 9.17) is 10.8 Å². The second-order valence-electron chi connectivity index (χ2n) is 11.6. The van der Waals surface area contributed by atoms with Gasteiger partial charge in [0.1, 0.15) is 5.58 Å². The van der Waals surface area contributed by atoms with Gasteiger partial charge >= 0.3 is 0 Å². The molecule has 0 aliphatic rings. The number of hydrogen-bond acceptors (Lipinski definition) is 5. The van der Waals surface area contributed by atoms with Gasteiger partial charge in [0, 0.05) is 44.8 Å². The molecule has 8 rings (SSSR count). The summed E-state index contributed by atoms with van der Waals surface area (Å²) in [7, 11) is 0. The Balaban J connectivity index is 0.000000260.